The molecule has 0 radical (unpaired) electrons. The molecule has 3 heteroatoms. The summed E-state index contributed by atoms with van der Waals surface area (Å²) < 4.78 is 1.12. The second-order valence-corrected chi connectivity index (χ2v) is 6.15. The maximum atomic E-state index is 9.60. The molecule has 1 N–H and O–H groups in total. The summed E-state index contributed by atoms with van der Waals surface area (Å²) in [7, 11) is 0. The van der Waals surface area contributed by atoms with Crippen molar-refractivity contribution in [1.29, 1.82) is 0 Å². The van der Waals surface area contributed by atoms with Gasteiger partial charge in [0.2, 0.25) is 0 Å². The molecule has 0 bridgehead atoms. The van der Waals surface area contributed by atoms with Gasteiger partial charge < -0.3 is 10.0 Å². The number of fused-ring (bicyclic) bond motifs is 1. The standard InChI is InChI=1S/C14H20BrNO/c1-9(2)16-8-11(6-10(3)17)13-7-12(15)4-5-14(13)16/h4-5,7,9-11,17H,6,8H2,1-3H3. The van der Waals surface area contributed by atoms with E-state index >= 15 is 0 Å². The molecular weight excluding hydrogens is 278 g/mol. The van der Waals surface area contributed by atoms with Gasteiger partial charge >= 0.3 is 0 Å². The zero-order valence-electron chi connectivity index (χ0n) is 10.7. The van der Waals surface area contributed by atoms with Gasteiger partial charge in [0.25, 0.3) is 0 Å². The Kier molecular flexibility index (Phi) is 3.79. The molecule has 1 heterocycles. The summed E-state index contributed by atoms with van der Waals surface area (Å²) in [5.74, 6) is 0.449. The first-order valence-electron chi connectivity index (χ1n) is 6.23. The van der Waals surface area contributed by atoms with Gasteiger partial charge in [0.05, 0.1) is 6.10 Å². The fourth-order valence-corrected chi connectivity index (χ4v) is 3.03. The number of aliphatic hydroxyl groups is 1. The summed E-state index contributed by atoms with van der Waals surface area (Å²) in [5.41, 5.74) is 2.70. The Balaban J connectivity index is 2.34. The number of benzene rings is 1. The van der Waals surface area contributed by atoms with Crippen molar-refractivity contribution in [3.05, 3.63) is 28.2 Å². The maximum absolute atomic E-state index is 9.60. The third kappa shape index (κ3) is 2.66. The van der Waals surface area contributed by atoms with Gasteiger partial charge in [-0.1, -0.05) is 15.9 Å². The molecule has 1 aromatic carbocycles. The van der Waals surface area contributed by atoms with Crippen molar-refractivity contribution in [1.82, 2.24) is 0 Å². The van der Waals surface area contributed by atoms with Crippen LogP contribution in [0.15, 0.2) is 22.7 Å². The van der Waals surface area contributed by atoms with Crippen molar-refractivity contribution in [3.63, 3.8) is 0 Å². The Morgan fingerprint density at radius 2 is 2.12 bits per heavy atom. The first-order valence-corrected chi connectivity index (χ1v) is 7.02. The van der Waals surface area contributed by atoms with Gasteiger partial charge in [0, 0.05) is 28.7 Å². The van der Waals surface area contributed by atoms with Crippen LogP contribution in [0.25, 0.3) is 0 Å². The lowest BCUT2D eigenvalue weighted by atomic mass is 9.96. The fourth-order valence-electron chi connectivity index (χ4n) is 2.65. The minimum absolute atomic E-state index is 0.237. The molecule has 0 amide bonds. The Hall–Kier alpha value is -0.540. The van der Waals surface area contributed by atoms with Gasteiger partial charge in [-0.3, -0.25) is 0 Å². The van der Waals surface area contributed by atoms with Crippen molar-refractivity contribution < 1.29 is 5.11 Å². The highest BCUT2D eigenvalue weighted by Gasteiger charge is 2.30. The fraction of sp³-hybridized carbons (Fsp3) is 0.571. The van der Waals surface area contributed by atoms with Crippen LogP contribution in [-0.4, -0.2) is 23.8 Å². The molecule has 0 aliphatic carbocycles. The van der Waals surface area contributed by atoms with Crippen LogP contribution in [-0.2, 0) is 0 Å². The van der Waals surface area contributed by atoms with E-state index in [9.17, 15) is 5.11 Å². The van der Waals surface area contributed by atoms with E-state index in [1.165, 1.54) is 11.3 Å². The predicted molar refractivity (Wildman–Crippen MR) is 75.7 cm³/mol. The highest BCUT2D eigenvalue weighted by molar-refractivity contribution is 9.10. The first-order chi connectivity index (χ1) is 7.99. The van der Waals surface area contributed by atoms with E-state index in [0.717, 1.165) is 17.4 Å². The van der Waals surface area contributed by atoms with Crippen LogP contribution in [0.3, 0.4) is 0 Å². The van der Waals surface area contributed by atoms with Crippen LogP contribution >= 0.6 is 15.9 Å². The number of hydrogen-bond acceptors (Lipinski definition) is 2. The maximum Gasteiger partial charge on any atom is 0.0518 e. The molecule has 2 atom stereocenters. The molecule has 0 saturated heterocycles. The van der Waals surface area contributed by atoms with Gasteiger partial charge in [-0.2, -0.15) is 0 Å². The zero-order chi connectivity index (χ0) is 12.6. The molecule has 1 aromatic rings. The average molecular weight is 298 g/mol. The summed E-state index contributed by atoms with van der Waals surface area (Å²) in [6, 6.07) is 6.99. The smallest absolute Gasteiger partial charge is 0.0518 e. The van der Waals surface area contributed by atoms with Crippen molar-refractivity contribution in [2.75, 3.05) is 11.4 Å². The van der Waals surface area contributed by atoms with Crippen LogP contribution in [0.1, 0.15) is 38.7 Å². The first kappa shape index (κ1) is 12.9. The van der Waals surface area contributed by atoms with Crippen LogP contribution in [0.5, 0.6) is 0 Å². The monoisotopic (exact) mass is 297 g/mol. The van der Waals surface area contributed by atoms with E-state index in [1.54, 1.807) is 0 Å². The van der Waals surface area contributed by atoms with Crippen LogP contribution < -0.4 is 4.90 Å². The summed E-state index contributed by atoms with van der Waals surface area (Å²) >= 11 is 3.53. The molecule has 0 spiro atoms. The lowest BCUT2D eigenvalue weighted by Crippen LogP contribution is -2.29. The highest BCUT2D eigenvalue weighted by Crippen LogP contribution is 2.41. The number of anilines is 1. The number of hydrogen-bond donors (Lipinski definition) is 1. The van der Waals surface area contributed by atoms with E-state index < -0.39 is 0 Å². The Morgan fingerprint density at radius 1 is 1.41 bits per heavy atom. The van der Waals surface area contributed by atoms with Crippen molar-refractivity contribution in [3.8, 4) is 0 Å². The van der Waals surface area contributed by atoms with E-state index in [0.29, 0.717) is 12.0 Å². The average Bonchev–Trinajstić information content (AvgIpc) is 2.56. The minimum atomic E-state index is -0.237. The number of halogens is 1. The Morgan fingerprint density at radius 3 is 2.71 bits per heavy atom. The second kappa shape index (κ2) is 4.99. The van der Waals surface area contributed by atoms with E-state index in [2.05, 4.69) is 52.9 Å². The molecule has 1 aliphatic heterocycles. The molecule has 0 saturated carbocycles. The molecule has 0 aromatic heterocycles. The Bertz CT molecular complexity index is 403. The molecule has 0 fully saturated rings. The summed E-state index contributed by atoms with van der Waals surface area (Å²) in [6.45, 7) is 7.33. The van der Waals surface area contributed by atoms with Gasteiger partial charge in [-0.25, -0.2) is 0 Å². The molecule has 1 aliphatic rings. The number of nitrogens with zero attached hydrogens (tertiary/aromatic N) is 1. The van der Waals surface area contributed by atoms with Crippen molar-refractivity contribution in [2.24, 2.45) is 0 Å². The van der Waals surface area contributed by atoms with Crippen molar-refractivity contribution >= 4 is 21.6 Å². The normalized spacial score (nSPS) is 20.8. The van der Waals surface area contributed by atoms with Crippen LogP contribution in [0.2, 0.25) is 0 Å². The summed E-state index contributed by atoms with van der Waals surface area (Å²) in [5, 5.41) is 9.60. The third-order valence-corrected chi connectivity index (χ3v) is 3.90. The summed E-state index contributed by atoms with van der Waals surface area (Å²) in [4.78, 5) is 2.43. The SMILES string of the molecule is CC(O)CC1CN(C(C)C)c2ccc(Br)cc21. The number of rotatable bonds is 3. The minimum Gasteiger partial charge on any atom is -0.393 e. The van der Waals surface area contributed by atoms with Crippen LogP contribution in [0.4, 0.5) is 5.69 Å². The van der Waals surface area contributed by atoms with Gasteiger partial charge in [-0.15, -0.1) is 0 Å². The molecule has 17 heavy (non-hydrogen) atoms. The van der Waals surface area contributed by atoms with E-state index in [-0.39, 0.29) is 6.10 Å². The lowest BCUT2D eigenvalue weighted by Gasteiger charge is -2.24. The second-order valence-electron chi connectivity index (χ2n) is 5.23. The quantitative estimate of drug-likeness (QED) is 0.922. The largest absolute Gasteiger partial charge is 0.393 e. The zero-order valence-corrected chi connectivity index (χ0v) is 12.2. The predicted octanol–water partition coefficient (Wildman–Crippen LogP) is 3.53. The Labute approximate surface area is 112 Å². The molecular formula is C14H20BrNO. The molecule has 2 unspecified atom stereocenters. The van der Waals surface area contributed by atoms with E-state index in [4.69, 9.17) is 0 Å². The highest BCUT2D eigenvalue weighted by atomic mass is 79.9. The lowest BCUT2D eigenvalue weighted by molar-refractivity contribution is 0.176. The number of aliphatic hydroxyl groups excluding tert-OH is 1. The van der Waals surface area contributed by atoms with Crippen LogP contribution in [0, 0.1) is 0 Å². The van der Waals surface area contributed by atoms with Gasteiger partial charge in [0.1, 0.15) is 0 Å². The molecule has 94 valence electrons. The summed E-state index contributed by atoms with van der Waals surface area (Å²) in [6.07, 6.45) is 0.603. The van der Waals surface area contributed by atoms with Crippen molar-refractivity contribution in [2.45, 2.75) is 45.3 Å². The van der Waals surface area contributed by atoms with Gasteiger partial charge in [-0.05, 0) is 51.0 Å². The van der Waals surface area contributed by atoms with Gasteiger partial charge in [0.15, 0.2) is 0 Å². The van der Waals surface area contributed by atoms with E-state index in [1.807, 2.05) is 6.92 Å². The third-order valence-electron chi connectivity index (χ3n) is 3.40. The topological polar surface area (TPSA) is 23.5 Å². The molecule has 2 rings (SSSR count). The molecule has 2 nitrogen and oxygen atoms in total.